The zero-order valence-electron chi connectivity index (χ0n) is 9.72. The molecular weight excluding hydrogens is 194 g/mol. The van der Waals surface area contributed by atoms with Crippen LogP contribution in [-0.2, 0) is 9.59 Å². The summed E-state index contributed by atoms with van der Waals surface area (Å²) in [4.78, 5) is 21.8. The van der Waals surface area contributed by atoms with Crippen molar-refractivity contribution in [3.63, 3.8) is 0 Å². The number of nitrogens with one attached hydrogen (secondary N) is 3. The van der Waals surface area contributed by atoms with E-state index in [2.05, 4.69) is 16.0 Å². The van der Waals surface area contributed by atoms with Crippen LogP contribution in [0.2, 0.25) is 0 Å². The van der Waals surface area contributed by atoms with Crippen molar-refractivity contribution in [1.82, 2.24) is 16.0 Å². The number of rotatable bonds is 7. The standard InChI is InChI=1S/C10H21N3O2/c1-4-8(2)13-10(15)7-11-5-6-12-9(3)14/h8,11H,4-7H2,1-3H3,(H,12,14)(H,13,15). The molecule has 0 radical (unpaired) electrons. The Kier molecular flexibility index (Phi) is 7.62. The van der Waals surface area contributed by atoms with Gasteiger partial charge in [0.2, 0.25) is 11.8 Å². The lowest BCUT2D eigenvalue weighted by atomic mass is 10.2. The molecule has 1 atom stereocenters. The van der Waals surface area contributed by atoms with E-state index in [4.69, 9.17) is 0 Å². The maximum absolute atomic E-state index is 11.2. The van der Waals surface area contributed by atoms with Gasteiger partial charge in [0.05, 0.1) is 6.54 Å². The molecule has 5 heteroatoms. The fourth-order valence-electron chi connectivity index (χ4n) is 0.957. The Morgan fingerprint density at radius 3 is 2.47 bits per heavy atom. The smallest absolute Gasteiger partial charge is 0.234 e. The molecular formula is C10H21N3O2. The molecule has 2 amide bonds. The summed E-state index contributed by atoms with van der Waals surface area (Å²) in [6, 6.07) is 0.217. The Hall–Kier alpha value is -1.10. The first-order chi connectivity index (χ1) is 7.06. The van der Waals surface area contributed by atoms with Gasteiger partial charge in [0.15, 0.2) is 0 Å². The van der Waals surface area contributed by atoms with Gasteiger partial charge in [0.25, 0.3) is 0 Å². The van der Waals surface area contributed by atoms with Crippen molar-refractivity contribution in [3.8, 4) is 0 Å². The second kappa shape index (κ2) is 8.23. The Balaban J connectivity index is 3.35. The second-order valence-electron chi connectivity index (χ2n) is 3.54. The van der Waals surface area contributed by atoms with E-state index in [-0.39, 0.29) is 17.9 Å². The normalized spacial score (nSPS) is 11.9. The van der Waals surface area contributed by atoms with Crippen molar-refractivity contribution in [2.75, 3.05) is 19.6 Å². The summed E-state index contributed by atoms with van der Waals surface area (Å²) in [5.74, 6) is -0.0620. The molecule has 0 aliphatic heterocycles. The van der Waals surface area contributed by atoms with E-state index in [9.17, 15) is 9.59 Å². The van der Waals surface area contributed by atoms with Gasteiger partial charge < -0.3 is 16.0 Å². The molecule has 0 fully saturated rings. The van der Waals surface area contributed by atoms with Crippen LogP contribution < -0.4 is 16.0 Å². The van der Waals surface area contributed by atoms with Crippen LogP contribution in [0.15, 0.2) is 0 Å². The third kappa shape index (κ3) is 9.21. The largest absolute Gasteiger partial charge is 0.355 e. The Morgan fingerprint density at radius 1 is 1.27 bits per heavy atom. The minimum Gasteiger partial charge on any atom is -0.355 e. The van der Waals surface area contributed by atoms with Gasteiger partial charge in [-0.05, 0) is 13.3 Å². The highest BCUT2D eigenvalue weighted by Crippen LogP contribution is 1.86. The van der Waals surface area contributed by atoms with E-state index in [1.54, 1.807) is 0 Å². The van der Waals surface area contributed by atoms with Crippen LogP contribution in [0.4, 0.5) is 0 Å². The summed E-state index contributed by atoms with van der Waals surface area (Å²) < 4.78 is 0. The van der Waals surface area contributed by atoms with Gasteiger partial charge in [-0.15, -0.1) is 0 Å². The summed E-state index contributed by atoms with van der Waals surface area (Å²) in [5, 5.41) is 8.42. The average molecular weight is 215 g/mol. The van der Waals surface area contributed by atoms with E-state index in [0.717, 1.165) is 6.42 Å². The molecule has 0 spiro atoms. The summed E-state index contributed by atoms with van der Waals surface area (Å²) in [6.45, 7) is 6.91. The van der Waals surface area contributed by atoms with E-state index < -0.39 is 0 Å². The number of amides is 2. The van der Waals surface area contributed by atoms with Gasteiger partial charge in [-0.25, -0.2) is 0 Å². The SMILES string of the molecule is CCC(C)NC(=O)CNCCNC(C)=O. The van der Waals surface area contributed by atoms with Gasteiger partial charge in [-0.1, -0.05) is 6.92 Å². The zero-order valence-corrected chi connectivity index (χ0v) is 9.72. The van der Waals surface area contributed by atoms with Crippen LogP contribution in [-0.4, -0.2) is 37.5 Å². The minimum absolute atomic E-state index is 0.00725. The summed E-state index contributed by atoms with van der Waals surface area (Å²) in [7, 11) is 0. The highest BCUT2D eigenvalue weighted by atomic mass is 16.2. The summed E-state index contributed by atoms with van der Waals surface area (Å²) in [5.41, 5.74) is 0. The predicted molar refractivity (Wildman–Crippen MR) is 59.4 cm³/mol. The molecule has 15 heavy (non-hydrogen) atoms. The van der Waals surface area contributed by atoms with Gasteiger partial charge in [-0.3, -0.25) is 9.59 Å². The van der Waals surface area contributed by atoms with E-state index in [0.29, 0.717) is 19.6 Å². The van der Waals surface area contributed by atoms with Gasteiger partial charge >= 0.3 is 0 Å². The van der Waals surface area contributed by atoms with Gasteiger partial charge in [0.1, 0.15) is 0 Å². The first-order valence-corrected chi connectivity index (χ1v) is 5.30. The maximum atomic E-state index is 11.2. The van der Waals surface area contributed by atoms with Crippen LogP contribution in [0.3, 0.4) is 0 Å². The van der Waals surface area contributed by atoms with Crippen LogP contribution in [0.5, 0.6) is 0 Å². The topological polar surface area (TPSA) is 70.2 Å². The predicted octanol–water partition coefficient (Wildman–Crippen LogP) is -0.373. The van der Waals surface area contributed by atoms with Crippen LogP contribution >= 0.6 is 0 Å². The van der Waals surface area contributed by atoms with Crippen molar-refractivity contribution < 1.29 is 9.59 Å². The molecule has 1 unspecified atom stereocenters. The molecule has 0 saturated heterocycles. The van der Waals surface area contributed by atoms with Crippen molar-refractivity contribution in [3.05, 3.63) is 0 Å². The molecule has 5 nitrogen and oxygen atoms in total. The van der Waals surface area contributed by atoms with Crippen molar-refractivity contribution >= 4 is 11.8 Å². The third-order valence-electron chi connectivity index (χ3n) is 1.98. The quantitative estimate of drug-likeness (QED) is 0.507. The molecule has 0 saturated carbocycles. The highest BCUT2D eigenvalue weighted by molar-refractivity contribution is 5.78. The molecule has 0 aromatic carbocycles. The van der Waals surface area contributed by atoms with E-state index in [1.165, 1.54) is 6.92 Å². The van der Waals surface area contributed by atoms with Gasteiger partial charge in [0, 0.05) is 26.1 Å². The average Bonchev–Trinajstić information content (AvgIpc) is 2.16. The lowest BCUT2D eigenvalue weighted by Crippen LogP contribution is -2.40. The molecule has 0 aromatic heterocycles. The van der Waals surface area contributed by atoms with Crippen LogP contribution in [0.25, 0.3) is 0 Å². The molecule has 0 aliphatic rings. The summed E-state index contributed by atoms with van der Waals surface area (Å²) >= 11 is 0. The molecule has 0 aromatic rings. The second-order valence-corrected chi connectivity index (χ2v) is 3.54. The Labute approximate surface area is 91.0 Å². The van der Waals surface area contributed by atoms with Crippen molar-refractivity contribution in [2.45, 2.75) is 33.2 Å². The molecule has 0 aliphatic carbocycles. The fraction of sp³-hybridized carbons (Fsp3) is 0.800. The third-order valence-corrected chi connectivity index (χ3v) is 1.98. The lowest BCUT2D eigenvalue weighted by Gasteiger charge is -2.11. The van der Waals surface area contributed by atoms with E-state index in [1.807, 2.05) is 13.8 Å². The first-order valence-electron chi connectivity index (χ1n) is 5.30. The Bertz CT molecular complexity index is 207. The van der Waals surface area contributed by atoms with Crippen LogP contribution in [0.1, 0.15) is 27.2 Å². The Morgan fingerprint density at radius 2 is 1.93 bits per heavy atom. The lowest BCUT2D eigenvalue weighted by molar-refractivity contribution is -0.120. The van der Waals surface area contributed by atoms with Crippen molar-refractivity contribution in [2.24, 2.45) is 0 Å². The minimum atomic E-state index is -0.0548. The van der Waals surface area contributed by atoms with Gasteiger partial charge in [-0.2, -0.15) is 0 Å². The number of hydrogen-bond donors (Lipinski definition) is 3. The van der Waals surface area contributed by atoms with Crippen LogP contribution in [0, 0.1) is 0 Å². The molecule has 3 N–H and O–H groups in total. The monoisotopic (exact) mass is 215 g/mol. The molecule has 0 heterocycles. The highest BCUT2D eigenvalue weighted by Gasteiger charge is 2.03. The molecule has 0 bridgehead atoms. The van der Waals surface area contributed by atoms with Crippen molar-refractivity contribution in [1.29, 1.82) is 0 Å². The zero-order chi connectivity index (χ0) is 11.7. The molecule has 88 valence electrons. The fourth-order valence-corrected chi connectivity index (χ4v) is 0.957. The first kappa shape index (κ1) is 13.9. The van der Waals surface area contributed by atoms with E-state index >= 15 is 0 Å². The molecule has 0 rings (SSSR count). The number of hydrogen-bond acceptors (Lipinski definition) is 3. The maximum Gasteiger partial charge on any atom is 0.234 e. The summed E-state index contributed by atoms with van der Waals surface area (Å²) in [6.07, 6.45) is 0.928. The number of carbonyl (C=O) groups excluding carboxylic acids is 2. The number of carbonyl (C=O) groups is 2.